The number of likely N-dealkylation sites (tertiary alicyclic amines) is 1. The topological polar surface area (TPSA) is 49.4 Å². The highest BCUT2D eigenvalue weighted by atomic mass is 19.4. The minimum atomic E-state index is -4.42. The first-order valence-corrected chi connectivity index (χ1v) is 12.4. The lowest BCUT2D eigenvalue weighted by Crippen LogP contribution is -2.56. The van der Waals surface area contributed by atoms with Gasteiger partial charge in [-0.15, -0.1) is 0 Å². The first-order valence-electron chi connectivity index (χ1n) is 12.4. The largest absolute Gasteiger partial charge is 0.416 e. The molecule has 6 rings (SSSR count). The molecule has 7 heteroatoms. The van der Waals surface area contributed by atoms with Crippen molar-refractivity contribution in [2.45, 2.75) is 70.5 Å². The van der Waals surface area contributed by atoms with Gasteiger partial charge in [0.05, 0.1) is 5.56 Å². The van der Waals surface area contributed by atoms with Crippen LogP contribution in [0.5, 0.6) is 0 Å². The van der Waals surface area contributed by atoms with Crippen LogP contribution in [0.3, 0.4) is 0 Å². The molecule has 1 heterocycles. The van der Waals surface area contributed by atoms with E-state index in [0.717, 1.165) is 29.9 Å². The maximum Gasteiger partial charge on any atom is 0.416 e. The third kappa shape index (κ3) is 4.40. The van der Waals surface area contributed by atoms with Crippen molar-refractivity contribution in [3.05, 3.63) is 35.4 Å². The molecule has 4 saturated carbocycles. The third-order valence-electron chi connectivity index (χ3n) is 8.98. The van der Waals surface area contributed by atoms with E-state index in [1.807, 2.05) is 0 Å². The summed E-state index contributed by atoms with van der Waals surface area (Å²) in [6.07, 6.45) is 4.65. The number of piperidine rings is 1. The average Bonchev–Trinajstić information content (AvgIpc) is 2.77. The van der Waals surface area contributed by atoms with Crippen molar-refractivity contribution < 1.29 is 22.8 Å². The van der Waals surface area contributed by atoms with Crippen LogP contribution in [-0.4, -0.2) is 35.8 Å². The van der Waals surface area contributed by atoms with Crippen LogP contribution >= 0.6 is 0 Å². The summed E-state index contributed by atoms with van der Waals surface area (Å²) < 4.78 is 38.3. The summed E-state index contributed by atoms with van der Waals surface area (Å²) in [5, 5.41) is 3.35. The van der Waals surface area contributed by atoms with Gasteiger partial charge in [0, 0.05) is 30.6 Å². The van der Waals surface area contributed by atoms with Gasteiger partial charge in [-0.05, 0) is 106 Å². The number of hydrogen-bond acceptors (Lipinski definition) is 2. The molecule has 1 N–H and O–H groups in total. The molecule has 0 radical (unpaired) electrons. The molecule has 1 atom stereocenters. The average molecular weight is 463 g/mol. The van der Waals surface area contributed by atoms with E-state index in [4.69, 9.17) is 0 Å². The Morgan fingerprint density at radius 1 is 0.970 bits per heavy atom. The molecule has 33 heavy (non-hydrogen) atoms. The Balaban J connectivity index is 1.14. The summed E-state index contributed by atoms with van der Waals surface area (Å²) in [6, 6.07) is 4.54. The van der Waals surface area contributed by atoms with Gasteiger partial charge in [-0.1, -0.05) is 0 Å². The lowest BCUT2D eigenvalue weighted by molar-refractivity contribution is -0.137. The Labute approximate surface area is 193 Å². The van der Waals surface area contributed by atoms with Crippen LogP contribution in [0.15, 0.2) is 24.3 Å². The Kier molecular flexibility index (Phi) is 5.73. The fourth-order valence-corrected chi connectivity index (χ4v) is 7.52. The summed E-state index contributed by atoms with van der Waals surface area (Å²) in [6.45, 7) is 3.09. The number of hydrogen-bond donors (Lipinski definition) is 1. The van der Waals surface area contributed by atoms with E-state index in [1.54, 1.807) is 4.90 Å². The molecule has 4 aliphatic carbocycles. The minimum absolute atomic E-state index is 0.0971. The molecule has 0 spiro atoms. The number of amides is 2. The number of nitrogens with one attached hydrogen (secondary N) is 1. The molecule has 1 aliphatic heterocycles. The highest BCUT2D eigenvalue weighted by Gasteiger charge is 2.53. The maximum atomic E-state index is 13.1. The predicted molar refractivity (Wildman–Crippen MR) is 118 cm³/mol. The van der Waals surface area contributed by atoms with Gasteiger partial charge < -0.3 is 10.2 Å². The van der Waals surface area contributed by atoms with Crippen molar-refractivity contribution in [2.24, 2.45) is 29.1 Å². The number of halogens is 3. The summed E-state index contributed by atoms with van der Waals surface area (Å²) in [5.74, 6) is 2.24. The fraction of sp³-hybridized carbons (Fsp3) is 0.692. The molecule has 0 aromatic heterocycles. The number of rotatable bonds is 4. The monoisotopic (exact) mass is 462 g/mol. The van der Waals surface area contributed by atoms with Crippen LogP contribution in [0.25, 0.3) is 0 Å². The SMILES string of the molecule is C[C@@H](NC(=O)C1CCN(C(=O)c2ccc(C(F)(F)F)cc2)CC1)C12CC3CC(CC(C3)C1)C2. The van der Waals surface area contributed by atoms with Gasteiger partial charge in [-0.2, -0.15) is 13.2 Å². The molecular formula is C26H33F3N2O2. The Bertz CT molecular complexity index is 868. The molecule has 2 amide bonds. The van der Waals surface area contributed by atoms with Crippen LogP contribution in [0, 0.1) is 29.1 Å². The molecular weight excluding hydrogens is 429 g/mol. The highest BCUT2D eigenvalue weighted by molar-refractivity contribution is 5.94. The summed E-state index contributed by atoms with van der Waals surface area (Å²) in [7, 11) is 0. The van der Waals surface area contributed by atoms with Crippen LogP contribution in [-0.2, 0) is 11.0 Å². The van der Waals surface area contributed by atoms with Gasteiger partial charge in [0.1, 0.15) is 0 Å². The van der Waals surface area contributed by atoms with Crippen molar-refractivity contribution in [2.75, 3.05) is 13.1 Å². The van der Waals surface area contributed by atoms with Gasteiger partial charge in [0.15, 0.2) is 0 Å². The van der Waals surface area contributed by atoms with E-state index in [-0.39, 0.29) is 34.8 Å². The second-order valence-corrected chi connectivity index (χ2v) is 11.2. The molecule has 5 fully saturated rings. The zero-order chi connectivity index (χ0) is 23.4. The van der Waals surface area contributed by atoms with Crippen LogP contribution < -0.4 is 5.32 Å². The number of alkyl halides is 3. The molecule has 1 aromatic rings. The Hall–Kier alpha value is -2.05. The minimum Gasteiger partial charge on any atom is -0.353 e. The third-order valence-corrected chi connectivity index (χ3v) is 8.98. The van der Waals surface area contributed by atoms with Gasteiger partial charge in [-0.25, -0.2) is 0 Å². The van der Waals surface area contributed by atoms with E-state index in [1.165, 1.54) is 50.7 Å². The van der Waals surface area contributed by atoms with E-state index < -0.39 is 11.7 Å². The number of benzene rings is 1. The molecule has 180 valence electrons. The zero-order valence-corrected chi connectivity index (χ0v) is 19.2. The van der Waals surface area contributed by atoms with Crippen molar-refractivity contribution >= 4 is 11.8 Å². The van der Waals surface area contributed by atoms with Gasteiger partial charge in [0.2, 0.25) is 5.91 Å². The second kappa shape index (κ2) is 8.31. The van der Waals surface area contributed by atoms with Crippen LogP contribution in [0.1, 0.15) is 74.2 Å². The maximum absolute atomic E-state index is 13.1. The Morgan fingerprint density at radius 2 is 1.48 bits per heavy atom. The van der Waals surface area contributed by atoms with Crippen LogP contribution in [0.4, 0.5) is 13.2 Å². The molecule has 1 aromatic carbocycles. The lowest BCUT2D eigenvalue weighted by Gasteiger charge is -2.59. The van der Waals surface area contributed by atoms with Crippen molar-refractivity contribution in [1.29, 1.82) is 0 Å². The smallest absolute Gasteiger partial charge is 0.353 e. The molecule has 1 saturated heterocycles. The van der Waals surface area contributed by atoms with E-state index in [9.17, 15) is 22.8 Å². The Morgan fingerprint density at radius 3 is 1.97 bits per heavy atom. The van der Waals surface area contributed by atoms with Crippen molar-refractivity contribution in [3.8, 4) is 0 Å². The predicted octanol–water partition coefficient (Wildman–Crippen LogP) is 5.28. The number of nitrogens with zero attached hydrogens (tertiary/aromatic N) is 1. The second-order valence-electron chi connectivity index (χ2n) is 11.2. The van der Waals surface area contributed by atoms with Gasteiger partial charge in [-0.3, -0.25) is 9.59 Å². The standard InChI is InChI=1S/C26H33F3N2O2/c1-16(25-13-17-10-18(14-25)12-19(11-17)15-25)30-23(32)20-6-8-31(9-7-20)24(33)21-2-4-22(5-3-21)26(27,28)29/h2-5,16-20H,6-15H2,1H3,(H,30,32)/t16-,17?,18?,19?,25?/m1/s1. The first-order chi connectivity index (χ1) is 15.6. The number of carbonyl (C=O) groups is 2. The first kappa shape index (κ1) is 22.7. The van der Waals surface area contributed by atoms with Gasteiger partial charge >= 0.3 is 6.18 Å². The normalized spacial score (nSPS) is 32.6. The number of carbonyl (C=O) groups excluding carboxylic acids is 2. The van der Waals surface area contributed by atoms with Crippen molar-refractivity contribution in [1.82, 2.24) is 10.2 Å². The van der Waals surface area contributed by atoms with Crippen LogP contribution in [0.2, 0.25) is 0 Å². The summed E-state index contributed by atoms with van der Waals surface area (Å²) in [4.78, 5) is 27.4. The lowest BCUT2D eigenvalue weighted by atomic mass is 9.48. The van der Waals surface area contributed by atoms with E-state index >= 15 is 0 Å². The molecule has 4 nitrogen and oxygen atoms in total. The summed E-state index contributed by atoms with van der Waals surface area (Å²) in [5.41, 5.74) is -0.243. The fourth-order valence-electron chi connectivity index (χ4n) is 7.52. The van der Waals surface area contributed by atoms with Crippen molar-refractivity contribution in [3.63, 3.8) is 0 Å². The molecule has 0 unspecified atom stereocenters. The van der Waals surface area contributed by atoms with E-state index in [0.29, 0.717) is 25.9 Å². The quantitative estimate of drug-likeness (QED) is 0.662. The van der Waals surface area contributed by atoms with Gasteiger partial charge in [0.25, 0.3) is 5.91 Å². The summed E-state index contributed by atoms with van der Waals surface area (Å²) >= 11 is 0. The highest BCUT2D eigenvalue weighted by Crippen LogP contribution is 2.61. The molecule has 5 aliphatic rings. The zero-order valence-electron chi connectivity index (χ0n) is 19.2. The van der Waals surface area contributed by atoms with E-state index in [2.05, 4.69) is 12.2 Å². The molecule has 4 bridgehead atoms.